The van der Waals surface area contributed by atoms with Crippen LogP contribution in [0.25, 0.3) is 10.8 Å². The van der Waals surface area contributed by atoms with E-state index in [2.05, 4.69) is 9.93 Å². The van der Waals surface area contributed by atoms with E-state index in [1.54, 1.807) is 18.2 Å². The molecule has 0 spiro atoms. The van der Waals surface area contributed by atoms with E-state index in [1.165, 1.54) is 12.3 Å². The third kappa shape index (κ3) is 1.76. The van der Waals surface area contributed by atoms with E-state index in [1.807, 2.05) is 0 Å². The van der Waals surface area contributed by atoms with Crippen LogP contribution in [0.5, 0.6) is 0 Å². The van der Waals surface area contributed by atoms with E-state index >= 15 is 0 Å². The minimum atomic E-state index is -1.12. The molecule has 1 aromatic heterocycles. The SMILES string of the molecule is O=C(OF)c1nccc2ccc(Cl)cc12. The van der Waals surface area contributed by atoms with Gasteiger partial charge >= 0.3 is 5.97 Å². The number of halogens is 2. The van der Waals surface area contributed by atoms with Gasteiger partial charge in [0.05, 0.1) is 0 Å². The molecule has 0 atom stereocenters. The summed E-state index contributed by atoms with van der Waals surface area (Å²) in [6.45, 7) is 0. The van der Waals surface area contributed by atoms with Crippen LogP contribution >= 0.6 is 11.6 Å². The molecule has 3 nitrogen and oxygen atoms in total. The summed E-state index contributed by atoms with van der Waals surface area (Å²) in [6, 6.07) is 6.62. The Bertz CT molecular complexity index is 530. The number of nitrogens with zero attached hydrogens (tertiary/aromatic N) is 1. The van der Waals surface area contributed by atoms with E-state index in [0.29, 0.717) is 10.4 Å². The number of aromatic nitrogens is 1. The van der Waals surface area contributed by atoms with Crippen LogP contribution in [0.4, 0.5) is 4.53 Å². The summed E-state index contributed by atoms with van der Waals surface area (Å²) in [7, 11) is 0. The van der Waals surface area contributed by atoms with Crippen molar-refractivity contribution in [3.8, 4) is 0 Å². The smallest absolute Gasteiger partial charge is 0.248 e. The lowest BCUT2D eigenvalue weighted by Crippen LogP contribution is -2.02. The fourth-order valence-electron chi connectivity index (χ4n) is 1.34. The summed E-state index contributed by atoms with van der Waals surface area (Å²) in [5, 5.41) is 1.66. The first kappa shape index (κ1) is 9.86. The first-order chi connectivity index (χ1) is 7.22. The zero-order valence-corrected chi connectivity index (χ0v) is 8.16. The molecule has 0 aliphatic carbocycles. The Morgan fingerprint density at radius 2 is 2.20 bits per heavy atom. The largest absolute Gasteiger partial charge is 0.398 e. The van der Waals surface area contributed by atoms with E-state index in [0.717, 1.165) is 5.39 Å². The Kier molecular flexibility index (Phi) is 2.51. The van der Waals surface area contributed by atoms with Crippen LogP contribution in [0.1, 0.15) is 10.5 Å². The average Bonchev–Trinajstić information content (AvgIpc) is 2.27. The quantitative estimate of drug-likeness (QED) is 0.749. The Morgan fingerprint density at radius 3 is 2.93 bits per heavy atom. The number of pyridine rings is 1. The number of fused-ring (bicyclic) bond motifs is 1. The summed E-state index contributed by atoms with van der Waals surface area (Å²) >= 11 is 5.76. The Hall–Kier alpha value is -1.68. The standard InChI is InChI=1S/C10H5ClFNO2/c11-7-2-1-6-3-4-13-9(8(6)5-7)10(14)15-12/h1-5H. The van der Waals surface area contributed by atoms with Crippen LogP contribution in [0.2, 0.25) is 5.02 Å². The second-order valence-electron chi connectivity index (χ2n) is 2.89. The lowest BCUT2D eigenvalue weighted by molar-refractivity contribution is -0.0791. The van der Waals surface area contributed by atoms with Crippen molar-refractivity contribution in [3.63, 3.8) is 0 Å². The third-order valence-corrected chi connectivity index (χ3v) is 2.23. The van der Waals surface area contributed by atoms with E-state index < -0.39 is 5.97 Å². The average molecular weight is 226 g/mol. The van der Waals surface area contributed by atoms with Crippen LogP contribution in [0.15, 0.2) is 30.5 Å². The normalized spacial score (nSPS) is 10.3. The molecule has 0 radical (unpaired) electrons. The lowest BCUT2D eigenvalue weighted by atomic mass is 10.1. The van der Waals surface area contributed by atoms with Gasteiger partial charge in [-0.05, 0) is 23.6 Å². The molecule has 0 N–H and O–H groups in total. The van der Waals surface area contributed by atoms with Crippen LogP contribution in [-0.4, -0.2) is 11.0 Å². The molecule has 1 heterocycles. The number of carbonyl (C=O) groups is 1. The van der Waals surface area contributed by atoms with Gasteiger partial charge in [-0.15, -0.1) is 0 Å². The predicted octanol–water partition coefficient (Wildman–Crippen LogP) is 2.93. The van der Waals surface area contributed by atoms with E-state index in [4.69, 9.17) is 11.6 Å². The van der Waals surface area contributed by atoms with Gasteiger partial charge in [-0.25, -0.2) is 14.7 Å². The number of rotatable bonds is 1. The van der Waals surface area contributed by atoms with Crippen LogP contribution in [0.3, 0.4) is 0 Å². The molecule has 0 aliphatic rings. The zero-order chi connectivity index (χ0) is 10.8. The highest BCUT2D eigenvalue weighted by molar-refractivity contribution is 6.31. The van der Waals surface area contributed by atoms with Crippen molar-refractivity contribution in [1.82, 2.24) is 4.98 Å². The molecule has 0 saturated carbocycles. The Balaban J connectivity index is 2.74. The summed E-state index contributed by atoms with van der Waals surface area (Å²) < 4.78 is 11.8. The fraction of sp³-hybridized carbons (Fsp3) is 0. The van der Waals surface area contributed by atoms with Gasteiger partial charge in [0.25, 0.3) is 0 Å². The number of benzene rings is 1. The van der Waals surface area contributed by atoms with Crippen molar-refractivity contribution in [1.29, 1.82) is 0 Å². The first-order valence-electron chi connectivity index (χ1n) is 4.09. The topological polar surface area (TPSA) is 39.2 Å². The van der Waals surface area contributed by atoms with Gasteiger partial charge in [0.1, 0.15) is 0 Å². The summed E-state index contributed by atoms with van der Waals surface area (Å²) in [4.78, 5) is 17.9. The maximum Gasteiger partial charge on any atom is 0.398 e. The van der Waals surface area contributed by atoms with Gasteiger partial charge in [0.2, 0.25) is 0 Å². The van der Waals surface area contributed by atoms with Gasteiger partial charge in [0, 0.05) is 21.1 Å². The third-order valence-electron chi connectivity index (χ3n) is 1.99. The molecule has 0 bridgehead atoms. The zero-order valence-electron chi connectivity index (χ0n) is 7.41. The first-order valence-corrected chi connectivity index (χ1v) is 4.47. The molecule has 76 valence electrons. The van der Waals surface area contributed by atoms with Crippen molar-refractivity contribution in [3.05, 3.63) is 41.2 Å². The van der Waals surface area contributed by atoms with Crippen LogP contribution in [0, 0.1) is 0 Å². The minimum Gasteiger partial charge on any atom is -0.248 e. The molecule has 0 unspecified atom stereocenters. The molecule has 0 fully saturated rings. The Morgan fingerprint density at radius 1 is 1.40 bits per heavy atom. The highest BCUT2D eigenvalue weighted by Crippen LogP contribution is 2.21. The van der Waals surface area contributed by atoms with Crippen molar-refractivity contribution in [2.45, 2.75) is 0 Å². The van der Waals surface area contributed by atoms with Gasteiger partial charge in [0.15, 0.2) is 5.69 Å². The molecule has 0 amide bonds. The second-order valence-corrected chi connectivity index (χ2v) is 3.33. The number of carbonyl (C=O) groups excluding carboxylic acids is 1. The van der Waals surface area contributed by atoms with Crippen LogP contribution < -0.4 is 0 Å². The maximum absolute atomic E-state index is 11.8. The molecule has 15 heavy (non-hydrogen) atoms. The molecule has 5 heteroatoms. The van der Waals surface area contributed by atoms with Gasteiger partial charge in [-0.2, -0.15) is 0 Å². The monoisotopic (exact) mass is 225 g/mol. The highest BCUT2D eigenvalue weighted by atomic mass is 35.5. The van der Waals surface area contributed by atoms with Crippen LogP contribution in [-0.2, 0) is 4.94 Å². The number of hydrogen-bond donors (Lipinski definition) is 0. The summed E-state index contributed by atoms with van der Waals surface area (Å²) in [6.07, 6.45) is 1.41. The minimum absolute atomic E-state index is 0.0856. The van der Waals surface area contributed by atoms with Crippen molar-refractivity contribution in [2.24, 2.45) is 0 Å². The van der Waals surface area contributed by atoms with Gasteiger partial charge < -0.3 is 0 Å². The molecular weight excluding hydrogens is 221 g/mol. The van der Waals surface area contributed by atoms with Crippen molar-refractivity contribution < 1.29 is 14.3 Å². The fourth-order valence-corrected chi connectivity index (χ4v) is 1.51. The highest BCUT2D eigenvalue weighted by Gasteiger charge is 2.13. The van der Waals surface area contributed by atoms with E-state index in [-0.39, 0.29) is 5.69 Å². The summed E-state index contributed by atoms with van der Waals surface area (Å²) in [5.74, 6) is -1.12. The van der Waals surface area contributed by atoms with Gasteiger partial charge in [-0.3, -0.25) is 0 Å². The lowest BCUT2D eigenvalue weighted by Gasteiger charge is -2.01. The summed E-state index contributed by atoms with van der Waals surface area (Å²) in [5.41, 5.74) is -0.0856. The Labute approximate surface area is 89.3 Å². The molecule has 0 aliphatic heterocycles. The molecule has 1 aromatic carbocycles. The van der Waals surface area contributed by atoms with Gasteiger partial charge in [-0.1, -0.05) is 17.7 Å². The predicted molar refractivity (Wildman–Crippen MR) is 53.3 cm³/mol. The second kappa shape index (κ2) is 3.82. The molecule has 2 aromatic rings. The van der Waals surface area contributed by atoms with E-state index in [9.17, 15) is 9.32 Å². The molecule has 2 rings (SSSR count). The van der Waals surface area contributed by atoms with Crippen molar-refractivity contribution >= 4 is 28.3 Å². The molecular formula is C10H5ClFNO2. The molecule has 0 saturated heterocycles. The maximum atomic E-state index is 11.8. The number of hydrogen-bond acceptors (Lipinski definition) is 3. The van der Waals surface area contributed by atoms with Crippen molar-refractivity contribution in [2.75, 3.05) is 0 Å².